The maximum absolute atomic E-state index is 13.7. The van der Waals surface area contributed by atoms with Gasteiger partial charge in [0.1, 0.15) is 5.82 Å². The number of benzene rings is 3. The van der Waals surface area contributed by atoms with E-state index in [2.05, 4.69) is 10.3 Å². The van der Waals surface area contributed by atoms with Crippen LogP contribution >= 0.6 is 11.6 Å². The van der Waals surface area contributed by atoms with E-state index in [0.717, 1.165) is 11.4 Å². The van der Waals surface area contributed by atoms with Crippen molar-refractivity contribution >= 4 is 34.3 Å². The number of aromatic nitrogens is 2. The summed E-state index contributed by atoms with van der Waals surface area (Å²) in [6.45, 7) is 0. The highest BCUT2D eigenvalue weighted by atomic mass is 35.5. The molecule has 1 N–H and O–H groups in total. The molecule has 0 saturated carbocycles. The van der Waals surface area contributed by atoms with E-state index in [1.165, 1.54) is 12.1 Å². The van der Waals surface area contributed by atoms with Crippen LogP contribution in [-0.2, 0) is 0 Å². The van der Waals surface area contributed by atoms with Crippen LogP contribution < -0.4 is 5.32 Å². The maximum Gasteiger partial charge on any atom is 0.213 e. The topological polar surface area (TPSA) is 29.9 Å². The highest BCUT2D eigenvalue weighted by Gasteiger charge is 2.13. The Morgan fingerprint density at radius 1 is 0.917 bits per heavy atom. The first kappa shape index (κ1) is 14.7. The van der Waals surface area contributed by atoms with Gasteiger partial charge < -0.3 is 5.32 Å². The monoisotopic (exact) mass is 337 g/mol. The largest absolute Gasteiger partial charge is 0.325 e. The Kier molecular flexibility index (Phi) is 3.67. The Balaban J connectivity index is 1.92. The molecule has 0 aliphatic heterocycles. The zero-order valence-electron chi connectivity index (χ0n) is 12.6. The summed E-state index contributed by atoms with van der Waals surface area (Å²) in [7, 11) is 0. The molecule has 4 aromatic rings. The summed E-state index contributed by atoms with van der Waals surface area (Å²) >= 11 is 5.99. The molecule has 0 aliphatic carbocycles. The lowest BCUT2D eigenvalue weighted by molar-refractivity contribution is 0.629. The van der Waals surface area contributed by atoms with Crippen LogP contribution in [-0.4, -0.2) is 9.55 Å². The Morgan fingerprint density at radius 3 is 2.42 bits per heavy atom. The van der Waals surface area contributed by atoms with Crippen LogP contribution in [0.25, 0.3) is 16.7 Å². The van der Waals surface area contributed by atoms with Crippen LogP contribution in [0.2, 0.25) is 5.02 Å². The second-order valence-electron chi connectivity index (χ2n) is 5.37. The lowest BCUT2D eigenvalue weighted by atomic mass is 10.2. The number of hydrogen-bond acceptors (Lipinski definition) is 2. The van der Waals surface area contributed by atoms with Gasteiger partial charge in [0, 0.05) is 22.5 Å². The van der Waals surface area contributed by atoms with Crippen molar-refractivity contribution in [2.45, 2.75) is 0 Å². The highest BCUT2D eigenvalue weighted by Crippen LogP contribution is 2.28. The summed E-state index contributed by atoms with van der Waals surface area (Å²) in [6, 6.07) is 21.7. The van der Waals surface area contributed by atoms with E-state index in [1.807, 2.05) is 47.0 Å². The molecule has 0 spiro atoms. The van der Waals surface area contributed by atoms with Crippen LogP contribution in [0, 0.1) is 5.82 Å². The number of fused-ring (bicyclic) bond motifs is 1. The van der Waals surface area contributed by atoms with E-state index in [0.29, 0.717) is 22.0 Å². The predicted molar refractivity (Wildman–Crippen MR) is 95.8 cm³/mol. The average molecular weight is 338 g/mol. The van der Waals surface area contributed by atoms with Gasteiger partial charge in [-0.2, -0.15) is 0 Å². The van der Waals surface area contributed by atoms with Crippen molar-refractivity contribution in [2.24, 2.45) is 0 Å². The Hall–Kier alpha value is -2.85. The quantitative estimate of drug-likeness (QED) is 0.530. The first-order valence-electron chi connectivity index (χ1n) is 7.47. The fraction of sp³-hybridized carbons (Fsp3) is 0. The van der Waals surface area contributed by atoms with Gasteiger partial charge in [-0.3, -0.25) is 4.57 Å². The number of imidazole rings is 1. The number of nitrogens with one attached hydrogen (secondary N) is 1. The van der Waals surface area contributed by atoms with E-state index >= 15 is 0 Å². The fourth-order valence-corrected chi connectivity index (χ4v) is 2.76. The first-order chi connectivity index (χ1) is 11.7. The number of para-hydroxylation sites is 1. The minimum atomic E-state index is -0.302. The molecular formula is C19H13ClFN3. The van der Waals surface area contributed by atoms with Crippen LogP contribution in [0.4, 0.5) is 16.0 Å². The smallest absolute Gasteiger partial charge is 0.213 e. The van der Waals surface area contributed by atoms with Crippen LogP contribution in [0.5, 0.6) is 0 Å². The molecule has 1 heterocycles. The van der Waals surface area contributed by atoms with Gasteiger partial charge in [-0.05, 0) is 48.5 Å². The lowest BCUT2D eigenvalue weighted by Crippen LogP contribution is -2.01. The van der Waals surface area contributed by atoms with Crippen molar-refractivity contribution in [1.82, 2.24) is 9.55 Å². The molecule has 1 aromatic heterocycles. The third kappa shape index (κ3) is 2.72. The molecule has 4 rings (SSSR count). The van der Waals surface area contributed by atoms with Gasteiger partial charge in [0.2, 0.25) is 5.95 Å². The summed E-state index contributed by atoms with van der Waals surface area (Å²) in [5, 5.41) is 3.94. The molecule has 0 bridgehead atoms. The number of anilines is 2. The van der Waals surface area contributed by atoms with Gasteiger partial charge >= 0.3 is 0 Å². The minimum absolute atomic E-state index is 0.302. The summed E-state index contributed by atoms with van der Waals surface area (Å²) < 4.78 is 15.6. The van der Waals surface area contributed by atoms with Crippen molar-refractivity contribution in [3.63, 3.8) is 0 Å². The van der Waals surface area contributed by atoms with Gasteiger partial charge in [-0.1, -0.05) is 29.8 Å². The molecule has 118 valence electrons. The molecule has 24 heavy (non-hydrogen) atoms. The lowest BCUT2D eigenvalue weighted by Gasteiger charge is -2.11. The second kappa shape index (κ2) is 5.98. The van der Waals surface area contributed by atoms with Gasteiger partial charge in [0.25, 0.3) is 0 Å². The van der Waals surface area contributed by atoms with Crippen molar-refractivity contribution in [2.75, 3.05) is 5.32 Å². The molecular weight excluding hydrogens is 325 g/mol. The van der Waals surface area contributed by atoms with Crippen molar-refractivity contribution < 1.29 is 4.39 Å². The third-order valence-corrected chi connectivity index (χ3v) is 3.98. The van der Waals surface area contributed by atoms with Crippen molar-refractivity contribution in [3.05, 3.63) is 83.6 Å². The number of rotatable bonds is 3. The predicted octanol–water partition coefficient (Wildman–Crippen LogP) is 5.56. The SMILES string of the molecule is Fc1ccc2nc(Nc3ccccc3)n(-c3ccc(Cl)cc3)c2c1. The summed E-state index contributed by atoms with van der Waals surface area (Å²) in [5.41, 5.74) is 3.16. The van der Waals surface area contributed by atoms with E-state index in [9.17, 15) is 4.39 Å². The normalized spacial score (nSPS) is 10.9. The van der Waals surface area contributed by atoms with Crippen molar-refractivity contribution in [1.29, 1.82) is 0 Å². The summed E-state index contributed by atoms with van der Waals surface area (Å²) in [4.78, 5) is 4.60. The Morgan fingerprint density at radius 2 is 1.67 bits per heavy atom. The van der Waals surface area contributed by atoms with Crippen LogP contribution in [0.3, 0.4) is 0 Å². The molecule has 0 amide bonds. The van der Waals surface area contributed by atoms with E-state index < -0.39 is 0 Å². The molecule has 0 saturated heterocycles. The first-order valence-corrected chi connectivity index (χ1v) is 7.84. The van der Waals surface area contributed by atoms with Gasteiger partial charge in [0.15, 0.2) is 0 Å². The fourth-order valence-electron chi connectivity index (χ4n) is 2.63. The number of hydrogen-bond donors (Lipinski definition) is 1. The van der Waals surface area contributed by atoms with Gasteiger partial charge in [-0.15, -0.1) is 0 Å². The molecule has 0 fully saturated rings. The highest BCUT2D eigenvalue weighted by molar-refractivity contribution is 6.30. The average Bonchev–Trinajstić information content (AvgIpc) is 2.94. The van der Waals surface area contributed by atoms with E-state index in [4.69, 9.17) is 11.6 Å². The minimum Gasteiger partial charge on any atom is -0.325 e. The molecule has 0 atom stereocenters. The number of nitrogens with zero attached hydrogens (tertiary/aromatic N) is 2. The Labute approximate surface area is 143 Å². The molecule has 0 unspecified atom stereocenters. The van der Waals surface area contributed by atoms with Gasteiger partial charge in [-0.25, -0.2) is 9.37 Å². The van der Waals surface area contributed by atoms with E-state index in [1.54, 1.807) is 18.2 Å². The molecule has 0 aliphatic rings. The molecule has 5 heteroatoms. The zero-order chi connectivity index (χ0) is 16.5. The maximum atomic E-state index is 13.7. The van der Waals surface area contributed by atoms with Crippen LogP contribution in [0.15, 0.2) is 72.8 Å². The Bertz CT molecular complexity index is 994. The molecule has 3 nitrogen and oxygen atoms in total. The molecule has 0 radical (unpaired) electrons. The zero-order valence-corrected chi connectivity index (χ0v) is 13.3. The third-order valence-electron chi connectivity index (χ3n) is 3.73. The summed E-state index contributed by atoms with van der Waals surface area (Å²) in [5.74, 6) is 0.313. The van der Waals surface area contributed by atoms with Crippen LogP contribution in [0.1, 0.15) is 0 Å². The molecule has 3 aromatic carbocycles. The second-order valence-corrected chi connectivity index (χ2v) is 5.81. The summed E-state index contributed by atoms with van der Waals surface area (Å²) in [6.07, 6.45) is 0. The van der Waals surface area contributed by atoms with E-state index in [-0.39, 0.29) is 5.82 Å². The standard InChI is InChI=1S/C19H13ClFN3/c20-13-6-9-16(10-7-13)24-18-12-14(21)8-11-17(18)23-19(24)22-15-4-2-1-3-5-15/h1-12H,(H,22,23). The van der Waals surface area contributed by atoms with Gasteiger partial charge in [0.05, 0.1) is 11.0 Å². The van der Waals surface area contributed by atoms with Crippen molar-refractivity contribution in [3.8, 4) is 5.69 Å². The number of halogens is 2.